The molecule has 6 nitrogen and oxygen atoms in total. The molecule has 0 aromatic carbocycles. The van der Waals surface area contributed by atoms with Crippen molar-refractivity contribution in [2.45, 2.75) is 39.7 Å². The summed E-state index contributed by atoms with van der Waals surface area (Å²) >= 11 is 0. The zero-order valence-electron chi connectivity index (χ0n) is 11.3. The summed E-state index contributed by atoms with van der Waals surface area (Å²) in [5.74, 6) is -0.871. The van der Waals surface area contributed by atoms with Crippen molar-refractivity contribution in [2.75, 3.05) is 7.11 Å². The van der Waals surface area contributed by atoms with E-state index in [0.717, 1.165) is 0 Å². The van der Waals surface area contributed by atoms with E-state index >= 15 is 0 Å². The first-order chi connectivity index (χ1) is 8.15. The van der Waals surface area contributed by atoms with E-state index in [1.54, 1.807) is 20.8 Å². The van der Waals surface area contributed by atoms with Crippen molar-refractivity contribution in [3.05, 3.63) is 11.8 Å². The molecule has 1 N–H and O–H groups in total. The summed E-state index contributed by atoms with van der Waals surface area (Å²) in [5, 5.41) is 2.25. The first-order valence-electron chi connectivity index (χ1n) is 5.43. The van der Waals surface area contributed by atoms with Crippen LogP contribution in [0.15, 0.2) is 11.8 Å². The SMILES string of the molecule is COC(=O)/C(=C/CC(C)=O)NC(=O)OC(C)(C)C. The molecule has 0 rings (SSSR count). The minimum absolute atomic E-state index is 0.0280. The van der Waals surface area contributed by atoms with Gasteiger partial charge in [-0.25, -0.2) is 9.59 Å². The van der Waals surface area contributed by atoms with E-state index in [1.165, 1.54) is 20.1 Å². The van der Waals surface area contributed by atoms with E-state index in [0.29, 0.717) is 0 Å². The largest absolute Gasteiger partial charge is 0.464 e. The van der Waals surface area contributed by atoms with Crippen LogP contribution in [0.3, 0.4) is 0 Å². The number of Topliss-reactive ketones (excluding diaryl/α,β-unsaturated/α-hetero) is 1. The van der Waals surface area contributed by atoms with Crippen LogP contribution in [0.4, 0.5) is 4.79 Å². The number of allylic oxidation sites excluding steroid dienone is 1. The Bertz CT molecular complexity index is 365. The highest BCUT2D eigenvalue weighted by atomic mass is 16.6. The van der Waals surface area contributed by atoms with Crippen LogP contribution in [0.1, 0.15) is 34.1 Å². The van der Waals surface area contributed by atoms with Gasteiger partial charge in [0.1, 0.15) is 17.1 Å². The van der Waals surface area contributed by atoms with Gasteiger partial charge in [0.15, 0.2) is 0 Å². The fourth-order valence-corrected chi connectivity index (χ4v) is 0.955. The number of ketones is 1. The van der Waals surface area contributed by atoms with Crippen LogP contribution in [0.25, 0.3) is 0 Å². The number of hydrogen-bond acceptors (Lipinski definition) is 5. The summed E-state index contributed by atoms with van der Waals surface area (Å²) in [7, 11) is 1.18. The van der Waals surface area contributed by atoms with Gasteiger partial charge in [-0.05, 0) is 33.8 Å². The van der Waals surface area contributed by atoms with Gasteiger partial charge in [-0.3, -0.25) is 10.1 Å². The Balaban J connectivity index is 4.70. The predicted molar refractivity (Wildman–Crippen MR) is 64.8 cm³/mol. The Labute approximate surface area is 106 Å². The number of rotatable bonds is 4. The number of amides is 1. The molecule has 0 aliphatic carbocycles. The lowest BCUT2D eigenvalue weighted by Gasteiger charge is -2.20. The average molecular weight is 257 g/mol. The first kappa shape index (κ1) is 16.1. The van der Waals surface area contributed by atoms with Crippen molar-refractivity contribution in [1.29, 1.82) is 0 Å². The smallest absolute Gasteiger partial charge is 0.412 e. The monoisotopic (exact) mass is 257 g/mol. The van der Waals surface area contributed by atoms with E-state index in [4.69, 9.17) is 4.74 Å². The van der Waals surface area contributed by atoms with Gasteiger partial charge in [0.05, 0.1) is 7.11 Å². The number of hydrogen-bond donors (Lipinski definition) is 1. The Kier molecular flexibility index (Phi) is 6.08. The number of carbonyl (C=O) groups is 3. The van der Waals surface area contributed by atoms with Crippen molar-refractivity contribution in [2.24, 2.45) is 0 Å². The van der Waals surface area contributed by atoms with Crippen molar-refractivity contribution in [1.82, 2.24) is 5.32 Å². The number of carbonyl (C=O) groups excluding carboxylic acids is 3. The molecule has 0 spiro atoms. The highest BCUT2D eigenvalue weighted by molar-refractivity contribution is 5.93. The number of alkyl carbamates (subject to hydrolysis) is 1. The van der Waals surface area contributed by atoms with Crippen LogP contribution in [0.5, 0.6) is 0 Å². The van der Waals surface area contributed by atoms with E-state index < -0.39 is 17.7 Å². The standard InChI is InChI=1S/C12H19NO5/c1-8(14)6-7-9(10(15)17-5)13-11(16)18-12(2,3)4/h7H,6H2,1-5H3,(H,13,16)/b9-7-. The maximum absolute atomic E-state index is 11.5. The van der Waals surface area contributed by atoms with Gasteiger partial charge < -0.3 is 9.47 Å². The molecule has 102 valence electrons. The van der Waals surface area contributed by atoms with Crippen LogP contribution < -0.4 is 5.32 Å². The molecule has 0 radical (unpaired) electrons. The molecule has 0 unspecified atom stereocenters. The molecule has 0 aromatic rings. The maximum atomic E-state index is 11.5. The summed E-state index contributed by atoms with van der Waals surface area (Å²) in [4.78, 5) is 33.7. The maximum Gasteiger partial charge on any atom is 0.412 e. The normalized spacial score (nSPS) is 11.7. The zero-order chi connectivity index (χ0) is 14.3. The Morgan fingerprint density at radius 3 is 2.17 bits per heavy atom. The molecular weight excluding hydrogens is 238 g/mol. The molecule has 18 heavy (non-hydrogen) atoms. The van der Waals surface area contributed by atoms with Gasteiger partial charge in [-0.15, -0.1) is 0 Å². The Morgan fingerprint density at radius 2 is 1.78 bits per heavy atom. The van der Waals surface area contributed by atoms with Crippen LogP contribution in [-0.2, 0) is 19.1 Å². The lowest BCUT2D eigenvalue weighted by molar-refractivity contribution is -0.136. The second-order valence-electron chi connectivity index (χ2n) is 4.64. The van der Waals surface area contributed by atoms with Crippen LogP contribution in [-0.4, -0.2) is 30.6 Å². The van der Waals surface area contributed by atoms with Crippen LogP contribution >= 0.6 is 0 Å². The summed E-state index contributed by atoms with van der Waals surface area (Å²) in [6.45, 7) is 6.47. The molecule has 6 heteroatoms. The molecule has 0 aliphatic heterocycles. The lowest BCUT2D eigenvalue weighted by Crippen LogP contribution is -2.34. The molecule has 0 saturated carbocycles. The molecule has 0 heterocycles. The minimum Gasteiger partial charge on any atom is -0.464 e. The highest BCUT2D eigenvalue weighted by Crippen LogP contribution is 2.07. The number of methoxy groups -OCH3 is 1. The van der Waals surface area contributed by atoms with Crippen molar-refractivity contribution >= 4 is 17.8 Å². The fourth-order valence-electron chi connectivity index (χ4n) is 0.955. The summed E-state index contributed by atoms with van der Waals surface area (Å²) in [5.41, 5.74) is -0.784. The van der Waals surface area contributed by atoms with Gasteiger partial charge in [0, 0.05) is 6.42 Å². The van der Waals surface area contributed by atoms with E-state index in [-0.39, 0.29) is 17.9 Å². The number of nitrogens with one attached hydrogen (secondary N) is 1. The van der Waals surface area contributed by atoms with Gasteiger partial charge in [0.25, 0.3) is 0 Å². The quantitative estimate of drug-likeness (QED) is 0.610. The third-order valence-corrected chi connectivity index (χ3v) is 1.63. The Hall–Kier alpha value is -1.85. The average Bonchev–Trinajstić information content (AvgIpc) is 2.20. The molecule has 0 aromatic heterocycles. The topological polar surface area (TPSA) is 81.7 Å². The highest BCUT2D eigenvalue weighted by Gasteiger charge is 2.19. The van der Waals surface area contributed by atoms with Gasteiger partial charge >= 0.3 is 12.1 Å². The number of ether oxygens (including phenoxy) is 2. The second-order valence-corrected chi connectivity index (χ2v) is 4.64. The van der Waals surface area contributed by atoms with E-state index in [9.17, 15) is 14.4 Å². The molecule has 1 amide bonds. The summed E-state index contributed by atoms with van der Waals surface area (Å²) in [6, 6.07) is 0. The van der Waals surface area contributed by atoms with Crippen molar-refractivity contribution in [3.8, 4) is 0 Å². The zero-order valence-corrected chi connectivity index (χ0v) is 11.3. The van der Waals surface area contributed by atoms with Crippen LogP contribution in [0, 0.1) is 0 Å². The predicted octanol–water partition coefficient (Wildman–Crippen LogP) is 1.55. The minimum atomic E-state index is -0.775. The summed E-state index contributed by atoms with van der Waals surface area (Å²) in [6.07, 6.45) is 0.542. The second kappa shape index (κ2) is 6.78. The fraction of sp³-hybridized carbons (Fsp3) is 0.583. The molecule has 0 aliphatic rings. The first-order valence-corrected chi connectivity index (χ1v) is 5.43. The third-order valence-electron chi connectivity index (χ3n) is 1.63. The van der Waals surface area contributed by atoms with Gasteiger partial charge in [-0.2, -0.15) is 0 Å². The molecule has 0 fully saturated rings. The molecular formula is C12H19NO5. The van der Waals surface area contributed by atoms with E-state index in [1.807, 2.05) is 0 Å². The molecule has 0 saturated heterocycles. The Morgan fingerprint density at radius 1 is 1.22 bits per heavy atom. The lowest BCUT2D eigenvalue weighted by atomic mass is 10.2. The van der Waals surface area contributed by atoms with Gasteiger partial charge in [0.2, 0.25) is 0 Å². The van der Waals surface area contributed by atoms with Gasteiger partial charge in [-0.1, -0.05) is 0 Å². The number of esters is 1. The molecule has 0 atom stereocenters. The third kappa shape index (κ3) is 7.43. The van der Waals surface area contributed by atoms with Crippen molar-refractivity contribution < 1.29 is 23.9 Å². The van der Waals surface area contributed by atoms with E-state index in [2.05, 4.69) is 10.1 Å². The van der Waals surface area contributed by atoms with Crippen LogP contribution in [0.2, 0.25) is 0 Å². The van der Waals surface area contributed by atoms with Crippen molar-refractivity contribution in [3.63, 3.8) is 0 Å². The summed E-state index contributed by atoms with van der Waals surface area (Å²) < 4.78 is 9.47. The molecule has 0 bridgehead atoms.